The Morgan fingerprint density at radius 3 is 2.89 bits per heavy atom. The summed E-state index contributed by atoms with van der Waals surface area (Å²) in [6, 6.07) is 4.09. The van der Waals surface area contributed by atoms with Crippen molar-refractivity contribution in [1.82, 2.24) is 4.98 Å². The molecule has 0 aliphatic heterocycles. The summed E-state index contributed by atoms with van der Waals surface area (Å²) in [6.07, 6.45) is 2.79. The number of rotatable bonds is 1. The van der Waals surface area contributed by atoms with Crippen LogP contribution in [-0.2, 0) is 6.16 Å². The van der Waals surface area contributed by atoms with Gasteiger partial charge in [0.25, 0.3) is 0 Å². The summed E-state index contributed by atoms with van der Waals surface area (Å²) < 4.78 is 0. The van der Waals surface area contributed by atoms with Crippen LogP contribution in [0.3, 0.4) is 0 Å². The van der Waals surface area contributed by atoms with E-state index in [1.807, 2.05) is 12.3 Å². The van der Waals surface area contributed by atoms with Gasteiger partial charge in [0.1, 0.15) is 0 Å². The van der Waals surface area contributed by atoms with Crippen molar-refractivity contribution in [3.8, 4) is 0 Å². The summed E-state index contributed by atoms with van der Waals surface area (Å²) in [7, 11) is 2.65. The zero-order valence-electron chi connectivity index (χ0n) is 5.46. The van der Waals surface area contributed by atoms with Crippen LogP contribution in [0.1, 0.15) is 11.3 Å². The van der Waals surface area contributed by atoms with E-state index in [0.29, 0.717) is 0 Å². The van der Waals surface area contributed by atoms with E-state index in [1.54, 1.807) is 0 Å². The number of aromatic nitrogens is 1. The Labute approximate surface area is 57.7 Å². The minimum atomic E-state index is 0.946. The monoisotopic (exact) mass is 139 g/mol. The van der Waals surface area contributed by atoms with Gasteiger partial charge in [-0.1, -0.05) is 0 Å². The maximum absolute atomic E-state index is 4.14. The Balaban J connectivity index is 2.94. The van der Waals surface area contributed by atoms with Crippen LogP contribution >= 0.6 is 9.24 Å². The van der Waals surface area contributed by atoms with E-state index in [2.05, 4.69) is 27.2 Å². The summed E-state index contributed by atoms with van der Waals surface area (Å²) >= 11 is 0. The van der Waals surface area contributed by atoms with Gasteiger partial charge in [-0.2, -0.15) is 0 Å². The van der Waals surface area contributed by atoms with Crippen LogP contribution in [0.15, 0.2) is 18.3 Å². The van der Waals surface area contributed by atoms with Gasteiger partial charge in [0.15, 0.2) is 0 Å². The van der Waals surface area contributed by atoms with Crippen molar-refractivity contribution in [2.24, 2.45) is 0 Å². The molecule has 1 atom stereocenters. The van der Waals surface area contributed by atoms with E-state index in [9.17, 15) is 0 Å². The van der Waals surface area contributed by atoms with E-state index in [1.165, 1.54) is 5.56 Å². The van der Waals surface area contributed by atoms with E-state index in [0.717, 1.165) is 11.9 Å². The molecule has 1 unspecified atom stereocenters. The molecule has 1 aromatic heterocycles. The van der Waals surface area contributed by atoms with E-state index >= 15 is 0 Å². The second-order valence-electron chi connectivity index (χ2n) is 2.03. The predicted molar refractivity (Wildman–Crippen MR) is 42.4 cm³/mol. The van der Waals surface area contributed by atoms with Crippen molar-refractivity contribution in [3.05, 3.63) is 29.6 Å². The van der Waals surface area contributed by atoms with Gasteiger partial charge in [-0.05, 0) is 24.6 Å². The third-order valence-corrected chi connectivity index (χ3v) is 1.60. The zero-order valence-corrected chi connectivity index (χ0v) is 6.62. The van der Waals surface area contributed by atoms with Crippen LogP contribution in [0.2, 0.25) is 0 Å². The van der Waals surface area contributed by atoms with Crippen LogP contribution in [0.5, 0.6) is 0 Å². The minimum absolute atomic E-state index is 0.946. The highest BCUT2D eigenvalue weighted by Crippen LogP contribution is 2.03. The summed E-state index contributed by atoms with van der Waals surface area (Å²) in [6.45, 7) is 2.07. The highest BCUT2D eigenvalue weighted by Gasteiger charge is 1.87. The highest BCUT2D eigenvalue weighted by molar-refractivity contribution is 7.15. The van der Waals surface area contributed by atoms with Crippen LogP contribution in [0.25, 0.3) is 0 Å². The number of nitrogens with zero attached hydrogens (tertiary/aromatic N) is 1. The second-order valence-corrected chi connectivity index (χ2v) is 2.44. The van der Waals surface area contributed by atoms with Crippen LogP contribution in [-0.4, -0.2) is 4.98 Å². The lowest BCUT2D eigenvalue weighted by Crippen LogP contribution is -1.83. The number of pyridine rings is 1. The molecule has 0 aliphatic carbocycles. The molecular formula is C7H10NP. The average molecular weight is 139 g/mol. The lowest BCUT2D eigenvalue weighted by Gasteiger charge is -1.94. The first-order valence-corrected chi connectivity index (χ1v) is 3.76. The van der Waals surface area contributed by atoms with Gasteiger partial charge in [0, 0.05) is 18.1 Å². The smallest absolute Gasteiger partial charge is 0.0444 e. The molecule has 0 aromatic carbocycles. The molecular weight excluding hydrogens is 129 g/mol. The molecule has 48 valence electrons. The molecule has 0 saturated heterocycles. The van der Waals surface area contributed by atoms with Crippen molar-refractivity contribution >= 4 is 9.24 Å². The van der Waals surface area contributed by atoms with Crippen molar-refractivity contribution in [2.45, 2.75) is 13.1 Å². The summed E-state index contributed by atoms with van der Waals surface area (Å²) in [5.74, 6) is 0. The fraction of sp³-hybridized carbons (Fsp3) is 0.286. The van der Waals surface area contributed by atoms with Gasteiger partial charge >= 0.3 is 0 Å². The molecule has 1 nitrogen and oxygen atoms in total. The molecule has 2 heteroatoms. The molecule has 9 heavy (non-hydrogen) atoms. The number of hydrogen-bond acceptors (Lipinski definition) is 1. The van der Waals surface area contributed by atoms with Crippen molar-refractivity contribution in [3.63, 3.8) is 0 Å². The molecule has 0 saturated carbocycles. The predicted octanol–water partition coefficient (Wildman–Crippen LogP) is 1.77. The van der Waals surface area contributed by atoms with Crippen molar-refractivity contribution in [1.29, 1.82) is 0 Å². The van der Waals surface area contributed by atoms with Crippen LogP contribution < -0.4 is 0 Å². The highest BCUT2D eigenvalue weighted by atomic mass is 31.0. The maximum Gasteiger partial charge on any atom is 0.0444 e. The number of hydrogen-bond donors (Lipinski definition) is 0. The average Bonchev–Trinajstić information content (AvgIpc) is 1.88. The maximum atomic E-state index is 4.14. The van der Waals surface area contributed by atoms with E-state index < -0.39 is 0 Å². The standard InChI is InChI=1S/C7H10NP/c1-6-2-3-8-7(4-6)5-9/h2-4H,5,9H2,1H3. The van der Waals surface area contributed by atoms with Crippen molar-refractivity contribution in [2.75, 3.05) is 0 Å². The lowest BCUT2D eigenvalue weighted by atomic mass is 10.3. The molecule has 0 bridgehead atoms. The fourth-order valence-electron chi connectivity index (χ4n) is 0.710. The Kier molecular flexibility index (Phi) is 2.18. The van der Waals surface area contributed by atoms with Gasteiger partial charge in [-0.15, -0.1) is 9.24 Å². The van der Waals surface area contributed by atoms with Gasteiger partial charge in [0.2, 0.25) is 0 Å². The molecule has 1 heterocycles. The summed E-state index contributed by atoms with van der Waals surface area (Å²) in [5, 5.41) is 0. The first-order chi connectivity index (χ1) is 4.33. The molecule has 0 radical (unpaired) electrons. The molecule has 0 spiro atoms. The van der Waals surface area contributed by atoms with E-state index in [4.69, 9.17) is 0 Å². The minimum Gasteiger partial charge on any atom is -0.261 e. The molecule has 0 amide bonds. The van der Waals surface area contributed by atoms with Gasteiger partial charge < -0.3 is 0 Å². The third kappa shape index (κ3) is 1.76. The molecule has 0 N–H and O–H groups in total. The number of aryl methyl sites for hydroxylation is 1. The second kappa shape index (κ2) is 2.93. The molecule has 1 aromatic rings. The Hall–Kier alpha value is -0.420. The SMILES string of the molecule is Cc1ccnc(CP)c1. The van der Waals surface area contributed by atoms with Gasteiger partial charge in [0.05, 0.1) is 0 Å². The third-order valence-electron chi connectivity index (χ3n) is 1.18. The Morgan fingerprint density at radius 2 is 2.44 bits per heavy atom. The molecule has 0 aliphatic rings. The molecule has 1 rings (SSSR count). The van der Waals surface area contributed by atoms with Gasteiger partial charge in [-0.3, -0.25) is 4.98 Å². The Bertz CT molecular complexity index is 198. The fourth-order valence-corrected chi connectivity index (χ4v) is 0.934. The summed E-state index contributed by atoms with van der Waals surface area (Å²) in [5.41, 5.74) is 2.42. The summed E-state index contributed by atoms with van der Waals surface area (Å²) in [4.78, 5) is 4.14. The van der Waals surface area contributed by atoms with Gasteiger partial charge in [-0.25, -0.2) is 0 Å². The largest absolute Gasteiger partial charge is 0.261 e. The topological polar surface area (TPSA) is 12.9 Å². The van der Waals surface area contributed by atoms with Crippen LogP contribution in [0.4, 0.5) is 0 Å². The zero-order chi connectivity index (χ0) is 6.69. The first kappa shape index (κ1) is 6.70. The van der Waals surface area contributed by atoms with Crippen LogP contribution in [0, 0.1) is 6.92 Å². The Morgan fingerprint density at radius 1 is 1.67 bits per heavy atom. The van der Waals surface area contributed by atoms with E-state index in [-0.39, 0.29) is 0 Å². The quantitative estimate of drug-likeness (QED) is 0.540. The first-order valence-electron chi connectivity index (χ1n) is 2.94. The lowest BCUT2D eigenvalue weighted by molar-refractivity contribution is 1.16. The van der Waals surface area contributed by atoms with Crippen molar-refractivity contribution < 1.29 is 0 Å². The molecule has 0 fully saturated rings. The normalized spacial score (nSPS) is 9.56.